The average Bonchev–Trinajstić information content (AvgIpc) is 3.86. The number of benzene rings is 1. The van der Waals surface area contributed by atoms with Gasteiger partial charge in [0.05, 0.1) is 25.9 Å². The standard InChI is InChI=1S/C39H63N5O27S5/c1-65-33-24(18-67-75(59,60)61)68-38(28(31(33)52)44-74(56,57)58)69-34-32(53)35(71-76(62,63)64)39(70-36(34)37(54)55)66-17-23(46)30(51)29(50)22(45)15-41-19-6-4-7-20(14-19)43-26(48)10-5-12-40-27(49)16-42-25(47)9-3-2-8-21-11-13-72-73-21/h4,6-7,14,21-24,28-36,38-39,41,44-46,50-53H,2-3,5,8-13,15-18H2,1H3,(H,40,49)(H,42,47)(H,43,48)(H,54,55)(H,56,57,58)(H,59,60,61)(H,62,63,64)/t21?,22?,23?,24?,28?,29-,30+,31-,32+,33-,34-,35?,36?,38+,39+/m0/s1. The summed E-state index contributed by atoms with van der Waals surface area (Å²) in [6, 6.07) is 3.78. The number of unbranched alkanes of at least 4 members (excludes halogenated alkanes) is 1. The van der Waals surface area contributed by atoms with Gasteiger partial charge in [-0.1, -0.05) is 34.1 Å². The van der Waals surface area contributed by atoms with E-state index in [-0.39, 0.29) is 31.8 Å². The summed E-state index contributed by atoms with van der Waals surface area (Å²) in [7, 11) is -11.6. The Bertz CT molecular complexity index is 2390. The largest absolute Gasteiger partial charge is 0.479 e. The summed E-state index contributed by atoms with van der Waals surface area (Å²) in [6.07, 6.45) is -25.2. The number of aliphatic hydroxyl groups is 6. The van der Waals surface area contributed by atoms with Gasteiger partial charge in [-0.2, -0.15) is 30.0 Å². The molecule has 15 atom stereocenters. The Labute approximate surface area is 443 Å². The summed E-state index contributed by atoms with van der Waals surface area (Å²) < 4.78 is 135. The predicted molar refractivity (Wildman–Crippen MR) is 261 cm³/mol. The van der Waals surface area contributed by atoms with Crippen molar-refractivity contribution in [3.63, 3.8) is 0 Å². The number of carbonyl (C=O) groups excluding carboxylic acids is 3. The number of anilines is 2. The van der Waals surface area contributed by atoms with Gasteiger partial charge in [-0.25, -0.2) is 13.2 Å². The fourth-order valence-corrected chi connectivity index (χ4v) is 12.1. The molecule has 32 nitrogen and oxygen atoms in total. The van der Waals surface area contributed by atoms with Gasteiger partial charge in [-0.15, -0.1) is 0 Å². The van der Waals surface area contributed by atoms with Crippen molar-refractivity contribution in [1.82, 2.24) is 15.4 Å². The lowest BCUT2D eigenvalue weighted by atomic mass is 9.95. The highest BCUT2D eigenvalue weighted by Gasteiger charge is 2.56. The molecular formula is C39H63N5O27S5. The number of aliphatic hydroxyl groups excluding tert-OH is 6. The zero-order valence-corrected chi connectivity index (χ0v) is 44.2. The van der Waals surface area contributed by atoms with E-state index in [0.29, 0.717) is 23.0 Å². The van der Waals surface area contributed by atoms with E-state index in [4.69, 9.17) is 28.2 Å². The van der Waals surface area contributed by atoms with Gasteiger partial charge in [-0.3, -0.25) is 28.0 Å². The highest BCUT2D eigenvalue weighted by atomic mass is 33.1. The molecule has 0 aromatic heterocycles. The molecule has 3 amide bonds. The second-order valence-corrected chi connectivity index (χ2v) is 23.3. The lowest BCUT2D eigenvalue weighted by Gasteiger charge is -2.47. The number of carboxylic acids is 1. The van der Waals surface area contributed by atoms with E-state index in [1.165, 1.54) is 35.4 Å². The van der Waals surface area contributed by atoms with Gasteiger partial charge in [0, 0.05) is 55.4 Å². The molecule has 436 valence electrons. The Balaban J connectivity index is 1.28. The van der Waals surface area contributed by atoms with E-state index in [9.17, 15) is 89.3 Å². The van der Waals surface area contributed by atoms with Crippen molar-refractivity contribution in [2.45, 2.75) is 136 Å². The molecule has 3 fully saturated rings. The van der Waals surface area contributed by atoms with Crippen LogP contribution in [0.1, 0.15) is 44.9 Å². The van der Waals surface area contributed by atoms with Gasteiger partial charge in [0.2, 0.25) is 17.7 Å². The number of methoxy groups -OCH3 is 1. The minimum Gasteiger partial charge on any atom is -0.479 e. The van der Waals surface area contributed by atoms with Gasteiger partial charge in [0.15, 0.2) is 24.8 Å². The summed E-state index contributed by atoms with van der Waals surface area (Å²) in [5.74, 6) is -1.96. The number of amides is 3. The number of ether oxygens (including phenoxy) is 5. The lowest BCUT2D eigenvalue weighted by molar-refractivity contribution is -0.340. The van der Waals surface area contributed by atoms with Crippen molar-refractivity contribution in [3.05, 3.63) is 24.3 Å². The summed E-state index contributed by atoms with van der Waals surface area (Å²) in [4.78, 5) is 49.3. The van der Waals surface area contributed by atoms with E-state index in [0.717, 1.165) is 32.1 Å². The van der Waals surface area contributed by atoms with Crippen molar-refractivity contribution >= 4 is 87.8 Å². The van der Waals surface area contributed by atoms with Crippen LogP contribution < -0.4 is 26.0 Å². The summed E-state index contributed by atoms with van der Waals surface area (Å²) in [5, 5.41) is 86.3. The molecule has 37 heteroatoms. The van der Waals surface area contributed by atoms with Gasteiger partial charge < -0.3 is 80.7 Å². The molecule has 3 heterocycles. The first-order valence-corrected chi connectivity index (χ1v) is 29.5. The van der Waals surface area contributed by atoms with Crippen LogP contribution in [0, 0.1) is 0 Å². The topological polar surface area (TPSA) is 498 Å². The van der Waals surface area contributed by atoms with Crippen LogP contribution in [0.2, 0.25) is 0 Å². The second kappa shape index (κ2) is 30.4. The zero-order valence-electron chi connectivity index (χ0n) is 40.1. The molecule has 3 saturated heterocycles. The number of nitrogens with one attached hydrogen (secondary N) is 5. The minimum absolute atomic E-state index is 0.00819. The maximum absolute atomic E-state index is 12.6. The monoisotopic (exact) mass is 1190 g/mol. The van der Waals surface area contributed by atoms with E-state index in [2.05, 4.69) is 29.6 Å². The van der Waals surface area contributed by atoms with Crippen molar-refractivity contribution < 1.29 is 126 Å². The van der Waals surface area contributed by atoms with E-state index in [1.54, 1.807) is 0 Å². The van der Waals surface area contributed by atoms with Crippen LogP contribution in [0.5, 0.6) is 0 Å². The third-order valence-corrected chi connectivity index (χ3v) is 15.9. The van der Waals surface area contributed by atoms with Crippen molar-refractivity contribution in [1.29, 1.82) is 0 Å². The number of rotatable bonds is 32. The Morgan fingerprint density at radius 2 is 1.49 bits per heavy atom. The molecule has 1 aromatic carbocycles. The molecule has 76 heavy (non-hydrogen) atoms. The SMILES string of the molecule is CO[C@H]1C(COS(=O)(=O)O)O[C@H](O[C@@H]2C(C(=O)O)O[C@@H](OCC(O)[C@@H](O)[C@@H](O)C(O)CNc3cccc(NC(=O)CCCNC(=O)CNC(=O)CCCCC4CCSS4)c3)C(OS(=O)(=O)O)[C@@H]2O)C(NS(=O)(=O)O)[C@@H]1O. The van der Waals surface area contributed by atoms with E-state index in [1.807, 2.05) is 21.6 Å². The summed E-state index contributed by atoms with van der Waals surface area (Å²) in [5.41, 5.74) is 0.593. The minimum atomic E-state index is -5.67. The van der Waals surface area contributed by atoms with Crippen LogP contribution >= 0.6 is 21.6 Å². The predicted octanol–water partition coefficient (Wildman–Crippen LogP) is -4.35. The Morgan fingerprint density at radius 3 is 2.12 bits per heavy atom. The Hall–Kier alpha value is -3.23. The fraction of sp³-hybridized carbons (Fsp3) is 0.744. The quantitative estimate of drug-likeness (QED) is 0.0184. The lowest BCUT2D eigenvalue weighted by Crippen LogP contribution is -2.68. The fourth-order valence-electron chi connectivity index (χ4n) is 7.67. The molecule has 0 spiro atoms. The number of hydrogen-bond acceptors (Lipinski definition) is 26. The molecule has 3 aliphatic rings. The third kappa shape index (κ3) is 22.1. The van der Waals surface area contributed by atoms with Crippen molar-refractivity contribution in [2.24, 2.45) is 0 Å². The second-order valence-electron chi connectivity index (χ2n) is 17.2. The van der Waals surface area contributed by atoms with Crippen LogP contribution in [-0.4, -0.2) is 235 Å². The summed E-state index contributed by atoms with van der Waals surface area (Å²) >= 11 is 0. The molecule has 3 aliphatic heterocycles. The summed E-state index contributed by atoms with van der Waals surface area (Å²) in [6.45, 7) is -2.98. The van der Waals surface area contributed by atoms with Crippen molar-refractivity contribution in [2.75, 3.05) is 56.3 Å². The molecule has 0 bridgehead atoms. The van der Waals surface area contributed by atoms with Crippen LogP contribution in [0.25, 0.3) is 0 Å². The molecular weight excluding hydrogens is 1130 g/mol. The first kappa shape index (κ1) is 65.3. The van der Waals surface area contributed by atoms with E-state index >= 15 is 0 Å². The molecule has 0 radical (unpaired) electrons. The maximum Gasteiger partial charge on any atom is 0.397 e. The van der Waals surface area contributed by atoms with Gasteiger partial charge in [-0.05, 0) is 43.9 Å². The van der Waals surface area contributed by atoms with E-state index < -0.39 is 154 Å². The molecule has 15 N–H and O–H groups in total. The van der Waals surface area contributed by atoms with Gasteiger partial charge in [0.25, 0.3) is 0 Å². The molecule has 4 rings (SSSR count). The van der Waals surface area contributed by atoms with Gasteiger partial charge in [0.1, 0.15) is 54.9 Å². The van der Waals surface area contributed by atoms with Crippen LogP contribution in [-0.2, 0) is 82.3 Å². The Morgan fingerprint density at radius 1 is 0.803 bits per heavy atom. The number of aliphatic carboxylic acids is 1. The highest BCUT2D eigenvalue weighted by molar-refractivity contribution is 8.77. The Kier molecular flexibility index (Phi) is 26.1. The molecule has 0 saturated carbocycles. The van der Waals surface area contributed by atoms with Crippen molar-refractivity contribution in [3.8, 4) is 0 Å². The highest BCUT2D eigenvalue weighted by Crippen LogP contribution is 2.40. The third-order valence-electron chi connectivity index (χ3n) is 11.4. The molecule has 0 aliphatic carbocycles. The smallest absolute Gasteiger partial charge is 0.397 e. The normalized spacial score (nSPS) is 27.9. The van der Waals surface area contributed by atoms with Crippen LogP contribution in [0.3, 0.4) is 0 Å². The van der Waals surface area contributed by atoms with Crippen LogP contribution in [0.15, 0.2) is 24.3 Å². The van der Waals surface area contributed by atoms with Crippen LogP contribution in [0.4, 0.5) is 11.4 Å². The van der Waals surface area contributed by atoms with Gasteiger partial charge >= 0.3 is 37.1 Å². The zero-order chi connectivity index (χ0) is 56.5. The number of carbonyl (C=O) groups is 4. The first-order valence-electron chi connectivity index (χ1n) is 23.0. The number of carboxylic acid groups (broad SMARTS) is 1. The number of hydrogen-bond donors (Lipinski definition) is 15. The average molecular weight is 1190 g/mol. The first-order chi connectivity index (χ1) is 35.5. The molecule has 7 unspecified atom stereocenters. The molecule has 1 aromatic rings. The maximum atomic E-state index is 12.6.